The van der Waals surface area contributed by atoms with E-state index in [1.807, 2.05) is 6.07 Å². The molecule has 0 spiro atoms. The summed E-state index contributed by atoms with van der Waals surface area (Å²) in [5, 5.41) is 7.51. The van der Waals surface area contributed by atoms with E-state index >= 15 is 0 Å². The van der Waals surface area contributed by atoms with E-state index in [1.165, 1.54) is 6.33 Å². The average molecular weight is 327 g/mol. The Bertz CT molecular complexity index is 595. The second-order valence-electron chi connectivity index (χ2n) is 4.31. The molecule has 2 N–H and O–H groups in total. The third-order valence-corrected chi connectivity index (χ3v) is 3.25. The molecule has 112 valence electrons. The molecule has 0 bridgehead atoms. The Labute approximate surface area is 133 Å². The fraction of sp³-hybridized carbons (Fsp3) is 0.286. The van der Waals surface area contributed by atoms with Gasteiger partial charge in [-0.05, 0) is 24.6 Å². The molecular formula is C14H16Cl2N4O. The average Bonchev–Trinajstić information content (AvgIpc) is 2.48. The molecule has 7 heteroatoms. The summed E-state index contributed by atoms with van der Waals surface area (Å²) in [6.45, 7) is 1.49. The molecule has 0 unspecified atom stereocenters. The number of hydrogen-bond acceptors (Lipinski definition) is 5. The summed E-state index contributed by atoms with van der Waals surface area (Å²) in [4.78, 5) is 8.32. The van der Waals surface area contributed by atoms with E-state index in [0.717, 1.165) is 18.8 Å². The predicted molar refractivity (Wildman–Crippen MR) is 86.8 cm³/mol. The predicted octanol–water partition coefficient (Wildman–Crippen LogP) is 3.98. The summed E-state index contributed by atoms with van der Waals surface area (Å²) >= 11 is 12.1. The van der Waals surface area contributed by atoms with Crippen LogP contribution in [0.15, 0.2) is 30.6 Å². The van der Waals surface area contributed by atoms with Gasteiger partial charge in [0, 0.05) is 31.4 Å². The van der Waals surface area contributed by atoms with Gasteiger partial charge in [-0.25, -0.2) is 9.97 Å². The molecule has 0 amide bonds. The molecule has 0 fully saturated rings. The van der Waals surface area contributed by atoms with Crippen molar-refractivity contribution >= 4 is 40.5 Å². The maximum Gasteiger partial charge on any atom is 0.135 e. The van der Waals surface area contributed by atoms with Crippen LogP contribution < -0.4 is 10.6 Å². The Morgan fingerprint density at radius 2 is 1.95 bits per heavy atom. The van der Waals surface area contributed by atoms with Crippen LogP contribution in [0.25, 0.3) is 0 Å². The Morgan fingerprint density at radius 3 is 2.76 bits per heavy atom. The van der Waals surface area contributed by atoms with Crippen molar-refractivity contribution in [1.29, 1.82) is 0 Å². The molecule has 0 radical (unpaired) electrons. The minimum Gasteiger partial charge on any atom is -0.385 e. The van der Waals surface area contributed by atoms with Crippen LogP contribution in [0.1, 0.15) is 6.42 Å². The standard InChI is InChI=1S/C14H16Cl2N4O/c1-21-6-2-5-17-13-8-14(19-9-18-13)20-12-7-10(15)3-4-11(12)16/h3-4,7-9H,2,5-6H2,1H3,(H2,17,18,19,20). The number of hydrogen-bond donors (Lipinski definition) is 2. The SMILES string of the molecule is COCCCNc1cc(Nc2cc(Cl)ccc2Cl)ncn1. The van der Waals surface area contributed by atoms with Crippen molar-refractivity contribution in [2.45, 2.75) is 6.42 Å². The number of nitrogens with zero attached hydrogens (tertiary/aromatic N) is 2. The van der Waals surface area contributed by atoms with Gasteiger partial charge >= 0.3 is 0 Å². The Kier molecular flexibility index (Phi) is 6.04. The smallest absolute Gasteiger partial charge is 0.135 e. The van der Waals surface area contributed by atoms with Crippen molar-refractivity contribution < 1.29 is 4.74 Å². The van der Waals surface area contributed by atoms with E-state index in [0.29, 0.717) is 28.2 Å². The molecule has 1 heterocycles. The summed E-state index contributed by atoms with van der Waals surface area (Å²) in [6, 6.07) is 7.02. The van der Waals surface area contributed by atoms with Gasteiger partial charge in [0.25, 0.3) is 0 Å². The monoisotopic (exact) mass is 326 g/mol. The van der Waals surface area contributed by atoms with Crippen LogP contribution in [0.3, 0.4) is 0 Å². The maximum atomic E-state index is 6.11. The minimum absolute atomic E-state index is 0.576. The first-order chi connectivity index (χ1) is 10.2. The molecule has 0 aliphatic carbocycles. The first kappa shape index (κ1) is 15.8. The molecule has 0 atom stereocenters. The number of anilines is 3. The van der Waals surface area contributed by atoms with Crippen molar-refractivity contribution in [3.8, 4) is 0 Å². The van der Waals surface area contributed by atoms with E-state index < -0.39 is 0 Å². The highest BCUT2D eigenvalue weighted by Crippen LogP contribution is 2.28. The second-order valence-corrected chi connectivity index (χ2v) is 5.15. The second kappa shape index (κ2) is 8.02. The van der Waals surface area contributed by atoms with E-state index in [9.17, 15) is 0 Å². The highest BCUT2D eigenvalue weighted by molar-refractivity contribution is 6.35. The first-order valence-electron chi connectivity index (χ1n) is 6.46. The van der Waals surface area contributed by atoms with Gasteiger partial charge in [0.1, 0.15) is 18.0 Å². The molecule has 21 heavy (non-hydrogen) atoms. The van der Waals surface area contributed by atoms with Gasteiger partial charge in [-0.1, -0.05) is 23.2 Å². The molecule has 0 saturated carbocycles. The zero-order valence-corrected chi connectivity index (χ0v) is 13.1. The normalized spacial score (nSPS) is 10.4. The molecule has 1 aromatic heterocycles. The van der Waals surface area contributed by atoms with Gasteiger partial charge in [0.05, 0.1) is 10.7 Å². The fourth-order valence-electron chi connectivity index (χ4n) is 1.69. The van der Waals surface area contributed by atoms with Crippen LogP contribution in [0.2, 0.25) is 10.0 Å². The van der Waals surface area contributed by atoms with Crippen molar-refractivity contribution in [3.63, 3.8) is 0 Å². The van der Waals surface area contributed by atoms with Crippen LogP contribution in [-0.4, -0.2) is 30.2 Å². The third kappa shape index (κ3) is 5.04. The van der Waals surface area contributed by atoms with Crippen LogP contribution >= 0.6 is 23.2 Å². The summed E-state index contributed by atoms with van der Waals surface area (Å²) < 4.78 is 4.99. The van der Waals surface area contributed by atoms with Crippen LogP contribution in [0.4, 0.5) is 17.3 Å². The van der Waals surface area contributed by atoms with Crippen molar-refractivity contribution in [2.75, 3.05) is 30.9 Å². The third-order valence-electron chi connectivity index (χ3n) is 2.69. The lowest BCUT2D eigenvalue weighted by molar-refractivity contribution is 0.198. The Morgan fingerprint density at radius 1 is 1.14 bits per heavy atom. The van der Waals surface area contributed by atoms with Gasteiger partial charge < -0.3 is 15.4 Å². The Balaban J connectivity index is 2.02. The zero-order valence-electron chi connectivity index (χ0n) is 11.6. The molecule has 1 aromatic carbocycles. The summed E-state index contributed by atoms with van der Waals surface area (Å²) in [5.41, 5.74) is 0.702. The molecule has 0 aliphatic rings. The number of halogens is 2. The number of ether oxygens (including phenoxy) is 1. The zero-order chi connectivity index (χ0) is 15.1. The number of methoxy groups -OCH3 is 1. The van der Waals surface area contributed by atoms with E-state index in [4.69, 9.17) is 27.9 Å². The maximum absolute atomic E-state index is 6.11. The summed E-state index contributed by atoms with van der Waals surface area (Å²) in [7, 11) is 1.68. The van der Waals surface area contributed by atoms with Gasteiger partial charge in [-0.15, -0.1) is 0 Å². The van der Waals surface area contributed by atoms with Gasteiger partial charge in [0.2, 0.25) is 0 Å². The number of nitrogens with one attached hydrogen (secondary N) is 2. The quantitative estimate of drug-likeness (QED) is 0.754. The lowest BCUT2D eigenvalue weighted by atomic mass is 10.3. The lowest BCUT2D eigenvalue weighted by Crippen LogP contribution is -2.06. The van der Waals surface area contributed by atoms with Gasteiger partial charge in [-0.3, -0.25) is 0 Å². The number of benzene rings is 1. The molecule has 2 rings (SSSR count). The summed E-state index contributed by atoms with van der Waals surface area (Å²) in [6.07, 6.45) is 2.39. The topological polar surface area (TPSA) is 59.1 Å². The van der Waals surface area contributed by atoms with Crippen molar-refractivity contribution in [2.24, 2.45) is 0 Å². The van der Waals surface area contributed by atoms with E-state index in [2.05, 4.69) is 20.6 Å². The molecule has 2 aromatic rings. The molecular weight excluding hydrogens is 311 g/mol. The largest absolute Gasteiger partial charge is 0.385 e. The van der Waals surface area contributed by atoms with Crippen LogP contribution in [0, 0.1) is 0 Å². The number of aromatic nitrogens is 2. The minimum atomic E-state index is 0.576. The van der Waals surface area contributed by atoms with Crippen LogP contribution in [-0.2, 0) is 4.74 Å². The highest BCUT2D eigenvalue weighted by Gasteiger charge is 2.04. The molecule has 0 saturated heterocycles. The van der Waals surface area contributed by atoms with E-state index in [-0.39, 0.29) is 0 Å². The lowest BCUT2D eigenvalue weighted by Gasteiger charge is -2.10. The molecule has 5 nitrogen and oxygen atoms in total. The highest BCUT2D eigenvalue weighted by atomic mass is 35.5. The van der Waals surface area contributed by atoms with Crippen LogP contribution in [0.5, 0.6) is 0 Å². The van der Waals surface area contributed by atoms with Crippen molar-refractivity contribution in [1.82, 2.24) is 9.97 Å². The number of rotatable bonds is 7. The van der Waals surface area contributed by atoms with Gasteiger partial charge in [0.15, 0.2) is 0 Å². The summed E-state index contributed by atoms with van der Waals surface area (Å²) in [5.74, 6) is 1.38. The Hall–Kier alpha value is -1.56. The first-order valence-corrected chi connectivity index (χ1v) is 7.21. The van der Waals surface area contributed by atoms with E-state index in [1.54, 1.807) is 25.3 Å². The van der Waals surface area contributed by atoms with Crippen molar-refractivity contribution in [3.05, 3.63) is 40.6 Å². The fourth-order valence-corrected chi connectivity index (χ4v) is 2.02. The van der Waals surface area contributed by atoms with Gasteiger partial charge in [-0.2, -0.15) is 0 Å². The molecule has 0 aliphatic heterocycles.